The molecule has 0 N–H and O–H groups in total. The van der Waals surface area contributed by atoms with Gasteiger partial charge in [0, 0.05) is 50.6 Å². The molecule has 0 saturated heterocycles. The number of anilines is 7. The second-order valence-corrected chi connectivity index (χ2v) is 19.0. The van der Waals surface area contributed by atoms with E-state index in [0.717, 1.165) is 0 Å². The predicted octanol–water partition coefficient (Wildman–Crippen LogP) is 11.0. The third kappa shape index (κ3) is 3.76. The van der Waals surface area contributed by atoms with Gasteiger partial charge in [-0.05, 0) is 148 Å². The van der Waals surface area contributed by atoms with Crippen LogP contribution in [0.5, 0.6) is 0 Å². The third-order valence-electron chi connectivity index (χ3n) is 16.2. The van der Waals surface area contributed by atoms with Crippen LogP contribution < -0.4 is 31.1 Å². The predicted molar refractivity (Wildman–Crippen MR) is 230 cm³/mol. The molecule has 3 nitrogen and oxygen atoms in total. The number of nitrogens with zero attached hydrogens (tertiary/aromatic N) is 3. The molecule has 0 amide bonds. The van der Waals surface area contributed by atoms with E-state index in [1.807, 2.05) is 0 Å². The van der Waals surface area contributed by atoms with Gasteiger partial charge in [0.05, 0.1) is 11.1 Å². The van der Waals surface area contributed by atoms with Gasteiger partial charge in [0.1, 0.15) is 0 Å². The first-order chi connectivity index (χ1) is 25.9. The quantitative estimate of drug-likeness (QED) is 0.166. The Kier molecular flexibility index (Phi) is 6.50. The maximum atomic E-state index is 2.94. The van der Waals surface area contributed by atoms with Crippen molar-refractivity contribution in [3.8, 4) is 0 Å². The molecule has 272 valence electrons. The summed E-state index contributed by atoms with van der Waals surface area (Å²) in [5.41, 5.74) is 22.9. The van der Waals surface area contributed by atoms with Gasteiger partial charge >= 0.3 is 0 Å². The second-order valence-electron chi connectivity index (χ2n) is 19.0. The zero-order valence-electron chi connectivity index (χ0n) is 33.7. The van der Waals surface area contributed by atoms with E-state index < -0.39 is 0 Å². The average Bonchev–Trinajstić information content (AvgIpc) is 3.49. The Bertz CT molecular complexity index is 2470. The highest BCUT2D eigenvalue weighted by Crippen LogP contribution is 2.65. The molecule has 4 aliphatic heterocycles. The molecule has 0 radical (unpaired) electrons. The molecule has 2 saturated carbocycles. The van der Waals surface area contributed by atoms with E-state index in [0.29, 0.717) is 0 Å². The lowest BCUT2D eigenvalue weighted by molar-refractivity contribution is 0.193. The van der Waals surface area contributed by atoms with E-state index in [1.165, 1.54) is 130 Å². The summed E-state index contributed by atoms with van der Waals surface area (Å²) >= 11 is 0. The van der Waals surface area contributed by atoms with E-state index in [2.05, 4.69) is 155 Å². The van der Waals surface area contributed by atoms with Gasteiger partial charge in [-0.2, -0.15) is 0 Å². The van der Waals surface area contributed by atoms with Crippen LogP contribution in [0.25, 0.3) is 0 Å². The first-order valence-corrected chi connectivity index (χ1v) is 20.9. The van der Waals surface area contributed by atoms with Gasteiger partial charge in [-0.3, -0.25) is 0 Å². The van der Waals surface area contributed by atoms with Crippen molar-refractivity contribution in [2.24, 2.45) is 0 Å². The van der Waals surface area contributed by atoms with E-state index in [1.54, 1.807) is 11.0 Å². The number of aryl methyl sites for hydroxylation is 4. The van der Waals surface area contributed by atoms with Gasteiger partial charge < -0.3 is 14.7 Å². The van der Waals surface area contributed by atoms with Crippen LogP contribution in [-0.2, 0) is 10.8 Å². The molecule has 4 heterocycles. The first-order valence-electron chi connectivity index (χ1n) is 20.9. The molecule has 4 heteroatoms. The number of hydrogen-bond donors (Lipinski definition) is 0. The zero-order chi connectivity index (χ0) is 37.1. The largest absolute Gasteiger partial charge is 0.335 e. The molecular weight excluding hydrogens is 653 g/mol. The molecule has 0 aromatic heterocycles. The molecule has 0 bridgehead atoms. The zero-order valence-corrected chi connectivity index (χ0v) is 33.7. The highest BCUT2D eigenvalue weighted by Gasteiger charge is 2.63. The summed E-state index contributed by atoms with van der Waals surface area (Å²) in [5.74, 6) is 0. The fraction of sp³-hybridized carbons (Fsp3) is 0.400. The molecule has 54 heavy (non-hydrogen) atoms. The Morgan fingerprint density at radius 2 is 1.20 bits per heavy atom. The molecule has 4 unspecified atom stereocenters. The van der Waals surface area contributed by atoms with E-state index in [4.69, 9.17) is 0 Å². The molecule has 0 spiro atoms. The number of hydrogen-bond acceptors (Lipinski definition) is 3. The summed E-state index contributed by atoms with van der Waals surface area (Å²) < 4.78 is 0. The van der Waals surface area contributed by atoms with Crippen LogP contribution in [0.2, 0.25) is 0 Å². The lowest BCUT2D eigenvalue weighted by Gasteiger charge is -2.54. The summed E-state index contributed by atoms with van der Waals surface area (Å²) in [6.45, 7) is 19.9. The highest BCUT2D eigenvalue weighted by molar-refractivity contribution is 7.00. The molecule has 6 aliphatic rings. The topological polar surface area (TPSA) is 9.72 Å². The van der Waals surface area contributed by atoms with Crippen molar-refractivity contribution in [3.05, 3.63) is 118 Å². The molecule has 11 rings (SSSR count). The highest BCUT2D eigenvalue weighted by atomic mass is 15.3. The minimum absolute atomic E-state index is 0.0217. The lowest BCUT2D eigenvalue weighted by atomic mass is 9.32. The van der Waals surface area contributed by atoms with Crippen molar-refractivity contribution in [2.45, 2.75) is 129 Å². The smallest absolute Gasteiger partial charge is 0.252 e. The SMILES string of the molecule is Cc1cccc(N2c3cc(C)ccc3B3c4c2cc(N2c5ccccc5C5(C)CCCCC25C)cc4N2c4c3c(C)cc(C)c4C3(C)CCCCC23C)c1. The van der Waals surface area contributed by atoms with Crippen molar-refractivity contribution < 1.29 is 0 Å². The van der Waals surface area contributed by atoms with Gasteiger partial charge in [-0.15, -0.1) is 0 Å². The van der Waals surface area contributed by atoms with Gasteiger partial charge in [-0.1, -0.05) is 93.6 Å². The fourth-order valence-electron chi connectivity index (χ4n) is 13.4. The van der Waals surface area contributed by atoms with Crippen molar-refractivity contribution >= 4 is 62.9 Å². The Morgan fingerprint density at radius 1 is 0.519 bits per heavy atom. The van der Waals surface area contributed by atoms with Crippen LogP contribution in [0, 0.1) is 27.7 Å². The van der Waals surface area contributed by atoms with Crippen LogP contribution in [0.4, 0.5) is 39.8 Å². The summed E-state index contributed by atoms with van der Waals surface area (Å²) in [5, 5.41) is 0. The molecule has 5 aromatic carbocycles. The van der Waals surface area contributed by atoms with Crippen molar-refractivity contribution in [1.82, 2.24) is 0 Å². The lowest BCUT2D eigenvalue weighted by Crippen LogP contribution is -2.65. The monoisotopic (exact) mass is 707 g/mol. The summed E-state index contributed by atoms with van der Waals surface area (Å²) in [4.78, 5) is 8.41. The Morgan fingerprint density at radius 3 is 1.98 bits per heavy atom. The molecule has 5 aromatic rings. The van der Waals surface area contributed by atoms with Gasteiger partial charge in [0.25, 0.3) is 6.71 Å². The van der Waals surface area contributed by atoms with Crippen molar-refractivity contribution in [3.63, 3.8) is 0 Å². The second kappa shape index (κ2) is 10.7. The first kappa shape index (κ1) is 32.9. The Balaban J connectivity index is 1.29. The third-order valence-corrected chi connectivity index (χ3v) is 16.2. The minimum Gasteiger partial charge on any atom is -0.335 e. The van der Waals surface area contributed by atoms with Crippen LogP contribution >= 0.6 is 0 Å². The van der Waals surface area contributed by atoms with Crippen LogP contribution in [0.1, 0.15) is 112 Å². The maximum Gasteiger partial charge on any atom is 0.252 e. The minimum atomic E-state index is -0.0220. The van der Waals surface area contributed by atoms with Crippen molar-refractivity contribution in [2.75, 3.05) is 14.7 Å². The summed E-state index contributed by atoms with van der Waals surface area (Å²) in [6, 6.07) is 33.8. The Hall–Kier alpha value is -4.44. The fourth-order valence-corrected chi connectivity index (χ4v) is 13.4. The van der Waals surface area contributed by atoms with Gasteiger partial charge in [0.2, 0.25) is 0 Å². The van der Waals surface area contributed by atoms with E-state index in [9.17, 15) is 0 Å². The summed E-state index contributed by atoms with van der Waals surface area (Å²) in [7, 11) is 0. The van der Waals surface area contributed by atoms with Gasteiger partial charge in [0.15, 0.2) is 0 Å². The number of rotatable bonds is 2. The molecule has 2 fully saturated rings. The van der Waals surface area contributed by atoms with E-state index >= 15 is 0 Å². The van der Waals surface area contributed by atoms with Crippen molar-refractivity contribution in [1.29, 1.82) is 0 Å². The normalized spacial score (nSPS) is 28.3. The van der Waals surface area contributed by atoms with E-state index in [-0.39, 0.29) is 28.6 Å². The molecule has 4 atom stereocenters. The maximum absolute atomic E-state index is 2.94. The number of fused-ring (bicyclic) bond motifs is 10. The Labute approximate surface area is 323 Å². The number of benzene rings is 5. The summed E-state index contributed by atoms with van der Waals surface area (Å²) in [6.07, 6.45) is 10.0. The standard InChI is InChI=1S/C50H54BN3/c1-31-16-15-17-35(26-31)52-40-27-32(2)20-21-38(40)51-44-34(4)28-33(3)43-46(44)54(50(8)25-14-12-23-48(43,50)6)42-30-36(29-41(52)45(42)51)53-39-19-10-9-18-37(39)47(5)22-11-13-24-49(47,53)7/h9-10,15-21,26-30H,11-14,22-25H2,1-8H3. The van der Waals surface area contributed by atoms with Crippen LogP contribution in [0.3, 0.4) is 0 Å². The van der Waals surface area contributed by atoms with Gasteiger partial charge in [-0.25, -0.2) is 0 Å². The number of para-hydroxylation sites is 1. The van der Waals surface area contributed by atoms with Crippen LogP contribution in [0.15, 0.2) is 84.9 Å². The van der Waals surface area contributed by atoms with Crippen LogP contribution in [-0.4, -0.2) is 17.8 Å². The average molecular weight is 708 g/mol. The molecule has 2 aliphatic carbocycles. The molecular formula is C50H54BN3.